The van der Waals surface area contributed by atoms with E-state index in [9.17, 15) is 27.6 Å². The molecule has 25 heavy (non-hydrogen) atoms. The first kappa shape index (κ1) is 16.7. The molecular formula is C17H11F3N2O3. The average molecular weight is 348 g/mol. The number of imide groups is 1. The summed E-state index contributed by atoms with van der Waals surface area (Å²) in [4.78, 5) is 37.3. The summed E-state index contributed by atoms with van der Waals surface area (Å²) in [5, 5.41) is 2.40. The first-order chi connectivity index (χ1) is 11.7. The van der Waals surface area contributed by atoms with Crippen molar-refractivity contribution in [1.82, 2.24) is 4.90 Å². The fourth-order valence-electron chi connectivity index (χ4n) is 2.54. The maximum atomic E-state index is 12.8. The number of benzene rings is 2. The number of rotatable bonds is 2. The van der Waals surface area contributed by atoms with Gasteiger partial charge in [-0.15, -0.1) is 0 Å². The number of hydrogen-bond donors (Lipinski definition) is 1. The Bertz CT molecular complexity index is 906. The smallest absolute Gasteiger partial charge is 0.321 e. The van der Waals surface area contributed by atoms with Crippen molar-refractivity contribution in [2.45, 2.75) is 6.18 Å². The molecule has 2 aromatic carbocycles. The van der Waals surface area contributed by atoms with Crippen molar-refractivity contribution < 1.29 is 27.6 Å². The molecule has 0 aliphatic carbocycles. The highest BCUT2D eigenvalue weighted by atomic mass is 19.4. The molecule has 1 aliphatic rings. The van der Waals surface area contributed by atoms with Crippen molar-refractivity contribution in [2.24, 2.45) is 0 Å². The second kappa shape index (κ2) is 5.73. The Labute approximate surface area is 140 Å². The largest absolute Gasteiger partial charge is 0.416 e. The number of alkyl halides is 3. The molecule has 0 unspecified atom stereocenters. The van der Waals surface area contributed by atoms with Crippen molar-refractivity contribution in [3.63, 3.8) is 0 Å². The van der Waals surface area contributed by atoms with Gasteiger partial charge in [0.1, 0.15) is 0 Å². The molecule has 3 rings (SSSR count). The Morgan fingerprint density at radius 3 is 2.40 bits per heavy atom. The van der Waals surface area contributed by atoms with Gasteiger partial charge in [-0.2, -0.15) is 13.2 Å². The van der Waals surface area contributed by atoms with Gasteiger partial charge in [-0.05, 0) is 30.3 Å². The minimum Gasteiger partial charge on any atom is -0.321 e. The number of nitrogens with one attached hydrogen (secondary N) is 1. The molecule has 0 spiro atoms. The van der Waals surface area contributed by atoms with Gasteiger partial charge in [0, 0.05) is 12.6 Å². The van der Waals surface area contributed by atoms with Crippen LogP contribution in [0, 0.1) is 0 Å². The lowest BCUT2D eigenvalue weighted by molar-refractivity contribution is -0.137. The van der Waals surface area contributed by atoms with Crippen LogP contribution in [0.15, 0.2) is 42.5 Å². The summed E-state index contributed by atoms with van der Waals surface area (Å²) in [7, 11) is 1.31. The van der Waals surface area contributed by atoms with E-state index in [1.54, 1.807) is 0 Å². The van der Waals surface area contributed by atoms with Gasteiger partial charge in [-0.3, -0.25) is 19.3 Å². The average Bonchev–Trinajstić information content (AvgIpc) is 2.79. The Hall–Kier alpha value is -3.16. The molecule has 8 heteroatoms. The first-order valence-electron chi connectivity index (χ1n) is 7.14. The van der Waals surface area contributed by atoms with Crippen LogP contribution in [-0.4, -0.2) is 29.7 Å². The molecule has 128 valence electrons. The number of carbonyl (C=O) groups is 3. The van der Waals surface area contributed by atoms with Crippen LogP contribution in [0.5, 0.6) is 0 Å². The quantitative estimate of drug-likeness (QED) is 0.848. The van der Waals surface area contributed by atoms with Crippen LogP contribution in [0.4, 0.5) is 18.9 Å². The van der Waals surface area contributed by atoms with E-state index in [4.69, 9.17) is 0 Å². The summed E-state index contributed by atoms with van der Waals surface area (Å²) < 4.78 is 38.3. The number of nitrogens with zero attached hydrogens (tertiary/aromatic N) is 1. The van der Waals surface area contributed by atoms with Crippen LogP contribution < -0.4 is 5.32 Å². The van der Waals surface area contributed by atoms with E-state index in [0.29, 0.717) is 0 Å². The van der Waals surface area contributed by atoms with Crippen LogP contribution in [0.25, 0.3) is 0 Å². The monoisotopic (exact) mass is 348 g/mol. The van der Waals surface area contributed by atoms with Gasteiger partial charge in [0.15, 0.2) is 0 Å². The zero-order chi connectivity index (χ0) is 18.4. The third kappa shape index (κ3) is 2.86. The number of hydrogen-bond acceptors (Lipinski definition) is 3. The summed E-state index contributed by atoms with van der Waals surface area (Å²) >= 11 is 0. The molecule has 0 bridgehead atoms. The number of anilines is 1. The molecule has 1 aliphatic heterocycles. The summed E-state index contributed by atoms with van der Waals surface area (Å²) in [5.41, 5.74) is -0.936. The van der Waals surface area contributed by atoms with Gasteiger partial charge in [0.2, 0.25) is 0 Å². The standard InChI is InChI=1S/C17H11F3N2O3/c1-22-15(24)11-6-3-7-12(13(11)16(22)25)21-14(23)9-4-2-5-10(8-9)17(18,19)20/h2-8H,1H3,(H,21,23). The molecule has 2 aromatic rings. The third-order valence-corrected chi connectivity index (χ3v) is 3.82. The minimum atomic E-state index is -4.57. The Balaban J connectivity index is 1.94. The summed E-state index contributed by atoms with van der Waals surface area (Å²) in [6, 6.07) is 8.26. The van der Waals surface area contributed by atoms with Gasteiger partial charge in [0.05, 0.1) is 22.4 Å². The molecule has 0 saturated carbocycles. The van der Waals surface area contributed by atoms with Crippen LogP contribution in [0.2, 0.25) is 0 Å². The van der Waals surface area contributed by atoms with Crippen molar-refractivity contribution in [3.8, 4) is 0 Å². The SMILES string of the molecule is CN1C(=O)c2cccc(NC(=O)c3cccc(C(F)(F)F)c3)c2C1=O. The van der Waals surface area contributed by atoms with E-state index >= 15 is 0 Å². The maximum Gasteiger partial charge on any atom is 0.416 e. The minimum absolute atomic E-state index is 0.0234. The summed E-state index contributed by atoms with van der Waals surface area (Å²) in [5.74, 6) is -1.90. The molecule has 5 nitrogen and oxygen atoms in total. The van der Waals surface area contributed by atoms with E-state index in [-0.39, 0.29) is 22.4 Å². The van der Waals surface area contributed by atoms with Crippen LogP contribution in [0.3, 0.4) is 0 Å². The zero-order valence-corrected chi connectivity index (χ0v) is 12.8. The van der Waals surface area contributed by atoms with Crippen LogP contribution >= 0.6 is 0 Å². The number of carbonyl (C=O) groups excluding carboxylic acids is 3. The van der Waals surface area contributed by atoms with E-state index in [0.717, 1.165) is 23.1 Å². The Morgan fingerprint density at radius 2 is 1.72 bits per heavy atom. The lowest BCUT2D eigenvalue weighted by Gasteiger charge is -2.11. The summed E-state index contributed by atoms with van der Waals surface area (Å²) in [6.07, 6.45) is -4.57. The molecular weight excluding hydrogens is 337 g/mol. The predicted octanol–water partition coefficient (Wildman–Crippen LogP) is 3.18. The van der Waals surface area contributed by atoms with Crippen LogP contribution in [-0.2, 0) is 6.18 Å². The van der Waals surface area contributed by atoms with Crippen LogP contribution in [0.1, 0.15) is 36.6 Å². The first-order valence-corrected chi connectivity index (χ1v) is 7.14. The molecule has 0 fully saturated rings. The Morgan fingerprint density at radius 1 is 1.04 bits per heavy atom. The highest BCUT2D eigenvalue weighted by Crippen LogP contribution is 2.31. The normalized spacial score (nSPS) is 13.8. The molecule has 0 radical (unpaired) electrons. The van der Waals surface area contributed by atoms with Crippen molar-refractivity contribution in [1.29, 1.82) is 0 Å². The van der Waals surface area contributed by atoms with Gasteiger partial charge in [0.25, 0.3) is 17.7 Å². The number of amides is 3. The highest BCUT2D eigenvalue weighted by Gasteiger charge is 2.35. The summed E-state index contributed by atoms with van der Waals surface area (Å²) in [6.45, 7) is 0. The number of halogens is 3. The molecule has 1 heterocycles. The molecule has 0 saturated heterocycles. The highest BCUT2D eigenvalue weighted by molar-refractivity contribution is 6.24. The third-order valence-electron chi connectivity index (χ3n) is 3.82. The molecule has 0 atom stereocenters. The van der Waals surface area contributed by atoms with E-state index < -0.39 is 29.5 Å². The maximum absolute atomic E-state index is 12.8. The second-order valence-corrected chi connectivity index (χ2v) is 5.43. The van der Waals surface area contributed by atoms with Crippen molar-refractivity contribution >= 4 is 23.4 Å². The fourth-order valence-corrected chi connectivity index (χ4v) is 2.54. The van der Waals surface area contributed by atoms with E-state index in [2.05, 4.69) is 5.32 Å². The fraction of sp³-hybridized carbons (Fsp3) is 0.118. The molecule has 3 amide bonds. The zero-order valence-electron chi connectivity index (χ0n) is 12.8. The molecule has 1 N–H and O–H groups in total. The number of fused-ring (bicyclic) bond motifs is 1. The van der Waals surface area contributed by atoms with Gasteiger partial charge < -0.3 is 5.32 Å². The van der Waals surface area contributed by atoms with Gasteiger partial charge in [-0.1, -0.05) is 12.1 Å². The second-order valence-electron chi connectivity index (χ2n) is 5.43. The lowest BCUT2D eigenvalue weighted by Crippen LogP contribution is -2.24. The molecule has 0 aromatic heterocycles. The van der Waals surface area contributed by atoms with Gasteiger partial charge in [-0.25, -0.2) is 0 Å². The lowest BCUT2D eigenvalue weighted by atomic mass is 10.1. The van der Waals surface area contributed by atoms with E-state index in [1.807, 2.05) is 0 Å². The topological polar surface area (TPSA) is 66.5 Å². The van der Waals surface area contributed by atoms with E-state index in [1.165, 1.54) is 31.3 Å². The predicted molar refractivity (Wildman–Crippen MR) is 82.3 cm³/mol. The van der Waals surface area contributed by atoms with Gasteiger partial charge >= 0.3 is 6.18 Å². The Kier molecular flexibility index (Phi) is 3.82. The van der Waals surface area contributed by atoms with Crippen molar-refractivity contribution in [3.05, 3.63) is 64.7 Å². The van der Waals surface area contributed by atoms with Crippen molar-refractivity contribution in [2.75, 3.05) is 12.4 Å².